The third kappa shape index (κ3) is 3.48. The molecule has 0 radical (unpaired) electrons. The number of hydrogen-bond acceptors (Lipinski definition) is 5. The third-order valence-corrected chi connectivity index (χ3v) is 6.43. The van der Waals surface area contributed by atoms with E-state index in [0.29, 0.717) is 5.57 Å². The molecule has 0 spiro atoms. The van der Waals surface area contributed by atoms with Gasteiger partial charge in [0.25, 0.3) is 11.8 Å². The quantitative estimate of drug-likeness (QED) is 0.384. The summed E-state index contributed by atoms with van der Waals surface area (Å²) in [6, 6.07) is 9.84. The van der Waals surface area contributed by atoms with Gasteiger partial charge in [0.05, 0.1) is 11.6 Å². The number of carbonyl (C=O) groups is 3. The van der Waals surface area contributed by atoms with Gasteiger partial charge in [0.2, 0.25) is 0 Å². The maximum atomic E-state index is 12.6. The zero-order chi connectivity index (χ0) is 24.6. The highest BCUT2D eigenvalue weighted by Crippen LogP contribution is 2.49. The van der Waals surface area contributed by atoms with Crippen LogP contribution in [0.3, 0.4) is 0 Å². The fourth-order valence-corrected chi connectivity index (χ4v) is 4.55. The molecule has 1 aromatic rings. The molecule has 4 amide bonds. The summed E-state index contributed by atoms with van der Waals surface area (Å²) < 4.78 is 0. The standard InChI is InChI=1S/C27H26N4O3/c1-5-29-24(32)20(25(33)30(6-2)26(29)34)11-9-10-19(17-28)18-14-15-31-22-13-8-7-12-21(22)27(3,4)23(31)16-18/h7-16H,5-6H2,1-4H3/b10-9+,19-18+. The van der Waals surface area contributed by atoms with Crippen molar-refractivity contribution in [3.05, 3.63) is 88.8 Å². The molecule has 0 N–H and O–H groups in total. The molecular weight excluding hydrogens is 428 g/mol. The van der Waals surface area contributed by atoms with E-state index in [1.165, 1.54) is 17.7 Å². The van der Waals surface area contributed by atoms with Gasteiger partial charge in [-0.05, 0) is 55.4 Å². The normalized spacial score (nSPS) is 20.4. The lowest BCUT2D eigenvalue weighted by atomic mass is 9.82. The minimum Gasteiger partial charge on any atom is -0.320 e. The third-order valence-electron chi connectivity index (χ3n) is 6.43. The highest BCUT2D eigenvalue weighted by atomic mass is 16.2. The number of para-hydroxylation sites is 1. The summed E-state index contributed by atoms with van der Waals surface area (Å²) in [6.45, 7) is 8.01. The zero-order valence-corrected chi connectivity index (χ0v) is 19.7. The molecule has 3 aliphatic rings. The van der Waals surface area contributed by atoms with Crippen LogP contribution in [0.5, 0.6) is 0 Å². The summed E-state index contributed by atoms with van der Waals surface area (Å²) in [5, 5.41) is 9.81. The molecule has 0 unspecified atom stereocenters. The smallest absolute Gasteiger partial charge is 0.320 e. The van der Waals surface area contributed by atoms with Crippen LogP contribution in [0.15, 0.2) is 83.3 Å². The fourth-order valence-electron chi connectivity index (χ4n) is 4.55. The van der Waals surface area contributed by atoms with Crippen molar-refractivity contribution in [2.24, 2.45) is 0 Å². The first-order valence-corrected chi connectivity index (χ1v) is 11.3. The van der Waals surface area contributed by atoms with Gasteiger partial charge in [-0.25, -0.2) is 4.79 Å². The molecule has 0 atom stereocenters. The predicted molar refractivity (Wildman–Crippen MR) is 129 cm³/mol. The Kier molecular flexibility index (Phi) is 5.84. The Bertz CT molecular complexity index is 1260. The molecule has 7 nitrogen and oxygen atoms in total. The summed E-state index contributed by atoms with van der Waals surface area (Å²) in [5.41, 5.74) is 4.23. The number of benzene rings is 1. The molecule has 3 heterocycles. The molecule has 0 saturated carbocycles. The number of nitriles is 1. The number of nitrogens with zero attached hydrogens (tertiary/aromatic N) is 4. The molecule has 7 heteroatoms. The van der Waals surface area contributed by atoms with Gasteiger partial charge in [-0.2, -0.15) is 5.26 Å². The first-order chi connectivity index (χ1) is 16.3. The molecule has 1 fully saturated rings. The van der Waals surface area contributed by atoms with E-state index < -0.39 is 17.8 Å². The van der Waals surface area contributed by atoms with Crippen LogP contribution in [-0.4, -0.2) is 40.7 Å². The largest absolute Gasteiger partial charge is 0.333 e. The molecule has 1 aromatic carbocycles. The number of barbiturate groups is 1. The molecular formula is C27H26N4O3. The lowest BCUT2D eigenvalue weighted by molar-refractivity contribution is -0.135. The number of urea groups is 1. The van der Waals surface area contributed by atoms with Gasteiger partial charge in [-0.15, -0.1) is 0 Å². The van der Waals surface area contributed by atoms with Crippen molar-refractivity contribution in [3.8, 4) is 6.07 Å². The van der Waals surface area contributed by atoms with Crippen molar-refractivity contribution in [3.63, 3.8) is 0 Å². The van der Waals surface area contributed by atoms with Crippen molar-refractivity contribution in [2.45, 2.75) is 33.1 Å². The van der Waals surface area contributed by atoms with E-state index in [-0.39, 0.29) is 24.1 Å². The summed E-state index contributed by atoms with van der Waals surface area (Å²) in [7, 11) is 0. The van der Waals surface area contributed by atoms with Crippen LogP contribution in [0.2, 0.25) is 0 Å². The Morgan fingerprint density at radius 3 is 2.32 bits per heavy atom. The highest BCUT2D eigenvalue weighted by Gasteiger charge is 2.41. The van der Waals surface area contributed by atoms with E-state index in [4.69, 9.17) is 0 Å². The van der Waals surface area contributed by atoms with Crippen molar-refractivity contribution in [1.82, 2.24) is 9.80 Å². The first kappa shape index (κ1) is 23.0. The van der Waals surface area contributed by atoms with Crippen molar-refractivity contribution < 1.29 is 14.4 Å². The minimum absolute atomic E-state index is 0.0991. The summed E-state index contributed by atoms with van der Waals surface area (Å²) in [4.78, 5) is 41.8. The lowest BCUT2D eigenvalue weighted by Crippen LogP contribution is -2.56. The Labute approximate surface area is 199 Å². The Balaban J connectivity index is 1.68. The molecule has 0 aliphatic carbocycles. The zero-order valence-electron chi connectivity index (χ0n) is 19.7. The van der Waals surface area contributed by atoms with E-state index in [1.54, 1.807) is 19.9 Å². The number of amides is 4. The number of anilines is 1. The minimum atomic E-state index is -0.626. The average molecular weight is 455 g/mol. The number of rotatable bonds is 4. The van der Waals surface area contributed by atoms with E-state index in [0.717, 1.165) is 26.8 Å². The lowest BCUT2D eigenvalue weighted by Gasteiger charge is -2.32. The van der Waals surface area contributed by atoms with Crippen molar-refractivity contribution in [1.29, 1.82) is 5.26 Å². The second-order valence-corrected chi connectivity index (χ2v) is 8.66. The maximum Gasteiger partial charge on any atom is 0.333 e. The first-order valence-electron chi connectivity index (χ1n) is 11.3. The van der Waals surface area contributed by atoms with E-state index >= 15 is 0 Å². The van der Waals surface area contributed by atoms with Crippen LogP contribution in [0.1, 0.15) is 33.3 Å². The molecule has 0 bridgehead atoms. The maximum absolute atomic E-state index is 12.6. The van der Waals surface area contributed by atoms with Crippen LogP contribution < -0.4 is 4.90 Å². The Morgan fingerprint density at radius 1 is 1.06 bits per heavy atom. The van der Waals surface area contributed by atoms with Crippen molar-refractivity contribution >= 4 is 23.5 Å². The summed E-state index contributed by atoms with van der Waals surface area (Å²) in [5.74, 6) is -1.25. The number of allylic oxidation sites excluding steroid dienone is 8. The Hall–Kier alpha value is -4.18. The van der Waals surface area contributed by atoms with Gasteiger partial charge >= 0.3 is 6.03 Å². The topological polar surface area (TPSA) is 84.7 Å². The van der Waals surface area contributed by atoms with E-state index in [2.05, 4.69) is 36.9 Å². The van der Waals surface area contributed by atoms with Gasteiger partial charge in [-0.3, -0.25) is 19.4 Å². The van der Waals surface area contributed by atoms with Crippen LogP contribution in [0.4, 0.5) is 10.5 Å². The number of fused-ring (bicyclic) bond motifs is 3. The molecule has 4 rings (SSSR count). The van der Waals surface area contributed by atoms with Crippen LogP contribution in [0, 0.1) is 11.3 Å². The van der Waals surface area contributed by atoms with Crippen molar-refractivity contribution in [2.75, 3.05) is 18.0 Å². The number of carbonyl (C=O) groups excluding carboxylic acids is 3. The number of hydrogen-bond donors (Lipinski definition) is 0. The number of imide groups is 2. The van der Waals surface area contributed by atoms with Gasteiger partial charge in [0.15, 0.2) is 0 Å². The SMILES string of the molecule is CCN1C(=O)C(=C/C=C/C(C#N)=C2/C=CN3C(=C2)C(C)(C)c2ccccc23)C(=O)N(CC)C1=O. The van der Waals surface area contributed by atoms with Crippen LogP contribution in [0.25, 0.3) is 0 Å². The monoisotopic (exact) mass is 454 g/mol. The van der Waals surface area contributed by atoms with Crippen LogP contribution in [-0.2, 0) is 15.0 Å². The predicted octanol–water partition coefficient (Wildman–Crippen LogP) is 4.33. The molecule has 0 aromatic heterocycles. The highest BCUT2D eigenvalue weighted by molar-refractivity contribution is 6.28. The molecule has 1 saturated heterocycles. The Morgan fingerprint density at radius 2 is 1.71 bits per heavy atom. The van der Waals surface area contributed by atoms with E-state index in [9.17, 15) is 19.6 Å². The molecule has 34 heavy (non-hydrogen) atoms. The second kappa shape index (κ2) is 8.64. The molecule has 3 aliphatic heterocycles. The second-order valence-electron chi connectivity index (χ2n) is 8.66. The summed E-state index contributed by atoms with van der Waals surface area (Å²) in [6.07, 6.45) is 10.3. The van der Waals surface area contributed by atoms with Crippen LogP contribution >= 0.6 is 0 Å². The van der Waals surface area contributed by atoms with Gasteiger partial charge in [0.1, 0.15) is 5.57 Å². The number of likely N-dealkylation sites (N-methyl/N-ethyl adjacent to an activating group) is 2. The van der Waals surface area contributed by atoms with Gasteiger partial charge in [-0.1, -0.05) is 38.1 Å². The van der Waals surface area contributed by atoms with Gasteiger partial charge < -0.3 is 4.90 Å². The van der Waals surface area contributed by atoms with Gasteiger partial charge in [0, 0.05) is 36.1 Å². The average Bonchev–Trinajstić information content (AvgIpc) is 3.06. The molecule has 172 valence electrons. The summed E-state index contributed by atoms with van der Waals surface area (Å²) >= 11 is 0. The fraction of sp³-hybridized carbons (Fsp3) is 0.259. The van der Waals surface area contributed by atoms with E-state index in [1.807, 2.05) is 30.5 Å².